The van der Waals surface area contributed by atoms with E-state index in [-0.39, 0.29) is 17.0 Å². The zero-order valence-electron chi connectivity index (χ0n) is 12.3. The Kier molecular flexibility index (Phi) is 6.60. The van der Waals surface area contributed by atoms with E-state index in [9.17, 15) is 13.2 Å². The van der Waals surface area contributed by atoms with Gasteiger partial charge >= 0.3 is 6.03 Å². The van der Waals surface area contributed by atoms with Crippen LogP contribution in [0.4, 0.5) is 4.79 Å². The van der Waals surface area contributed by atoms with Crippen LogP contribution in [0.15, 0.2) is 29.2 Å². The number of ether oxygens (including phenoxy) is 1. The number of amides is 2. The average molecular weight is 315 g/mol. The Morgan fingerprint density at radius 2 is 2.10 bits per heavy atom. The highest BCUT2D eigenvalue weighted by atomic mass is 32.2. The van der Waals surface area contributed by atoms with Crippen molar-refractivity contribution in [1.82, 2.24) is 15.4 Å². The lowest BCUT2D eigenvalue weighted by Crippen LogP contribution is -2.38. The Morgan fingerprint density at radius 1 is 1.38 bits per heavy atom. The quantitative estimate of drug-likeness (QED) is 0.642. The van der Waals surface area contributed by atoms with Crippen molar-refractivity contribution in [2.24, 2.45) is 0 Å². The molecule has 1 atom stereocenters. The van der Waals surface area contributed by atoms with Gasteiger partial charge in [-0.2, -0.15) is 0 Å². The first-order chi connectivity index (χ1) is 9.90. The number of methoxy groups -OCH3 is 1. The molecule has 8 heteroatoms. The first-order valence-electron chi connectivity index (χ1n) is 6.47. The Bertz CT molecular complexity index is 575. The molecule has 0 aliphatic carbocycles. The van der Waals surface area contributed by atoms with E-state index >= 15 is 0 Å². The normalized spacial score (nSPS) is 12.7. The van der Waals surface area contributed by atoms with Crippen LogP contribution in [-0.2, 0) is 14.8 Å². The molecule has 118 valence electrons. The standard InChI is InChI=1S/C13H21N3O4S/c1-10(16-13(17)15-7-8-20-3)11-5-4-6-12(9-11)21(18,19)14-2/h4-6,9-10,14H,7-8H2,1-3H3,(H2,15,16,17). The molecule has 1 rings (SSSR count). The summed E-state index contributed by atoms with van der Waals surface area (Å²) in [6.45, 7) is 2.61. The zero-order valence-corrected chi connectivity index (χ0v) is 13.2. The predicted octanol–water partition coefficient (Wildman–Crippen LogP) is 0.601. The highest BCUT2D eigenvalue weighted by molar-refractivity contribution is 7.89. The summed E-state index contributed by atoms with van der Waals surface area (Å²) in [6, 6.07) is 5.78. The van der Waals surface area contributed by atoms with E-state index in [1.807, 2.05) is 0 Å². The molecule has 0 radical (unpaired) electrons. The fraction of sp³-hybridized carbons (Fsp3) is 0.462. The first kappa shape index (κ1) is 17.4. The molecule has 2 amide bonds. The van der Waals surface area contributed by atoms with Gasteiger partial charge in [-0.3, -0.25) is 0 Å². The van der Waals surface area contributed by atoms with Crippen LogP contribution >= 0.6 is 0 Å². The Balaban J connectivity index is 2.73. The predicted molar refractivity (Wildman–Crippen MR) is 79.5 cm³/mol. The summed E-state index contributed by atoms with van der Waals surface area (Å²) in [5, 5.41) is 5.37. The van der Waals surface area contributed by atoms with E-state index in [0.717, 1.165) is 0 Å². The van der Waals surface area contributed by atoms with Crippen molar-refractivity contribution in [2.75, 3.05) is 27.3 Å². The van der Waals surface area contributed by atoms with Gasteiger partial charge in [0.25, 0.3) is 0 Å². The monoisotopic (exact) mass is 315 g/mol. The molecule has 1 aromatic carbocycles. The number of carbonyl (C=O) groups is 1. The van der Waals surface area contributed by atoms with Crippen LogP contribution in [0.2, 0.25) is 0 Å². The van der Waals surface area contributed by atoms with E-state index in [0.29, 0.717) is 18.7 Å². The summed E-state index contributed by atoms with van der Waals surface area (Å²) in [5.74, 6) is 0. The van der Waals surface area contributed by atoms with Crippen molar-refractivity contribution >= 4 is 16.1 Å². The van der Waals surface area contributed by atoms with Crippen molar-refractivity contribution in [3.05, 3.63) is 29.8 Å². The van der Waals surface area contributed by atoms with Crippen LogP contribution in [0, 0.1) is 0 Å². The molecule has 0 saturated carbocycles. The van der Waals surface area contributed by atoms with Crippen LogP contribution in [0.5, 0.6) is 0 Å². The molecule has 1 unspecified atom stereocenters. The Labute approximate surface area is 125 Å². The maximum absolute atomic E-state index is 11.7. The van der Waals surface area contributed by atoms with Gasteiger partial charge in [-0.25, -0.2) is 17.9 Å². The van der Waals surface area contributed by atoms with Crippen molar-refractivity contribution in [3.63, 3.8) is 0 Å². The highest BCUT2D eigenvalue weighted by Gasteiger charge is 2.14. The topological polar surface area (TPSA) is 96.5 Å². The average Bonchev–Trinajstić information content (AvgIpc) is 2.47. The fourth-order valence-electron chi connectivity index (χ4n) is 1.67. The number of rotatable bonds is 7. The summed E-state index contributed by atoms with van der Waals surface area (Å²) in [4.78, 5) is 11.8. The first-order valence-corrected chi connectivity index (χ1v) is 7.96. The molecular formula is C13H21N3O4S. The van der Waals surface area contributed by atoms with Gasteiger partial charge in [-0.05, 0) is 31.7 Å². The molecule has 0 aromatic heterocycles. The second kappa shape index (κ2) is 7.96. The van der Waals surface area contributed by atoms with E-state index in [1.54, 1.807) is 26.2 Å². The molecule has 0 saturated heterocycles. The number of sulfonamides is 1. The molecule has 7 nitrogen and oxygen atoms in total. The molecule has 0 aliphatic heterocycles. The van der Waals surface area contributed by atoms with E-state index < -0.39 is 10.0 Å². The molecule has 1 aromatic rings. The van der Waals surface area contributed by atoms with Gasteiger partial charge in [-0.15, -0.1) is 0 Å². The van der Waals surface area contributed by atoms with Gasteiger partial charge in [-0.1, -0.05) is 12.1 Å². The number of urea groups is 1. The van der Waals surface area contributed by atoms with Crippen molar-refractivity contribution in [2.45, 2.75) is 17.9 Å². The molecule has 21 heavy (non-hydrogen) atoms. The van der Waals surface area contributed by atoms with Crippen molar-refractivity contribution < 1.29 is 17.9 Å². The van der Waals surface area contributed by atoms with E-state index in [1.165, 1.54) is 19.2 Å². The van der Waals surface area contributed by atoms with E-state index in [4.69, 9.17) is 4.74 Å². The Hall–Kier alpha value is -1.64. The summed E-state index contributed by atoms with van der Waals surface area (Å²) in [7, 11) is -0.590. The van der Waals surface area contributed by atoms with Crippen LogP contribution in [0.25, 0.3) is 0 Å². The minimum atomic E-state index is -3.50. The fourth-order valence-corrected chi connectivity index (χ4v) is 2.45. The second-order valence-corrected chi connectivity index (χ2v) is 6.28. The molecule has 0 bridgehead atoms. The van der Waals surface area contributed by atoms with Crippen LogP contribution in [0.1, 0.15) is 18.5 Å². The van der Waals surface area contributed by atoms with Gasteiger partial charge in [0.15, 0.2) is 0 Å². The number of hydrogen-bond donors (Lipinski definition) is 3. The van der Waals surface area contributed by atoms with Crippen LogP contribution < -0.4 is 15.4 Å². The maximum atomic E-state index is 11.7. The largest absolute Gasteiger partial charge is 0.383 e. The molecule has 0 heterocycles. The number of carbonyl (C=O) groups excluding carboxylic acids is 1. The SMILES string of the molecule is CNS(=O)(=O)c1cccc(C(C)NC(=O)NCCOC)c1. The van der Waals surface area contributed by atoms with Gasteiger partial charge in [0.1, 0.15) is 0 Å². The molecule has 0 spiro atoms. The maximum Gasteiger partial charge on any atom is 0.315 e. The number of nitrogens with one attached hydrogen (secondary N) is 3. The lowest BCUT2D eigenvalue weighted by molar-refractivity contribution is 0.195. The summed E-state index contributed by atoms with van der Waals surface area (Å²) >= 11 is 0. The van der Waals surface area contributed by atoms with Gasteiger partial charge in [0.2, 0.25) is 10.0 Å². The molecular weight excluding hydrogens is 294 g/mol. The molecule has 0 fully saturated rings. The third-order valence-corrected chi connectivity index (χ3v) is 4.29. The smallest absolute Gasteiger partial charge is 0.315 e. The van der Waals surface area contributed by atoms with Gasteiger partial charge < -0.3 is 15.4 Å². The van der Waals surface area contributed by atoms with Crippen molar-refractivity contribution in [3.8, 4) is 0 Å². The molecule has 3 N–H and O–H groups in total. The lowest BCUT2D eigenvalue weighted by Gasteiger charge is -2.16. The Morgan fingerprint density at radius 3 is 2.71 bits per heavy atom. The van der Waals surface area contributed by atoms with Gasteiger partial charge in [0.05, 0.1) is 17.5 Å². The summed E-state index contributed by atoms with van der Waals surface area (Å²) < 4.78 is 30.6. The van der Waals surface area contributed by atoms with Crippen LogP contribution in [0.3, 0.4) is 0 Å². The number of hydrogen-bond acceptors (Lipinski definition) is 4. The van der Waals surface area contributed by atoms with Crippen molar-refractivity contribution in [1.29, 1.82) is 0 Å². The minimum Gasteiger partial charge on any atom is -0.383 e. The molecule has 0 aliphatic rings. The summed E-state index contributed by atoms with van der Waals surface area (Å²) in [6.07, 6.45) is 0. The van der Waals surface area contributed by atoms with Gasteiger partial charge in [0, 0.05) is 13.7 Å². The third kappa shape index (κ3) is 5.33. The minimum absolute atomic E-state index is 0.163. The second-order valence-electron chi connectivity index (χ2n) is 4.39. The summed E-state index contributed by atoms with van der Waals surface area (Å²) in [5.41, 5.74) is 0.702. The highest BCUT2D eigenvalue weighted by Crippen LogP contribution is 2.17. The lowest BCUT2D eigenvalue weighted by atomic mass is 10.1. The van der Waals surface area contributed by atoms with E-state index in [2.05, 4.69) is 15.4 Å². The third-order valence-electron chi connectivity index (χ3n) is 2.88. The zero-order chi connectivity index (χ0) is 15.9. The number of benzene rings is 1. The van der Waals surface area contributed by atoms with Crippen LogP contribution in [-0.4, -0.2) is 41.8 Å².